The number of hydrogen-bond donors (Lipinski definition) is 2. The maximum Gasteiger partial charge on any atom is 0.337 e. The lowest BCUT2D eigenvalue weighted by atomic mass is 9.72. The van der Waals surface area contributed by atoms with Crippen LogP contribution in [0.3, 0.4) is 0 Å². The Morgan fingerprint density at radius 3 is 2.56 bits per heavy atom. The fourth-order valence-corrected chi connectivity index (χ4v) is 3.72. The van der Waals surface area contributed by atoms with Crippen molar-refractivity contribution in [3.63, 3.8) is 0 Å². The second-order valence-corrected chi connectivity index (χ2v) is 8.50. The van der Waals surface area contributed by atoms with E-state index in [2.05, 4.69) is 62.6 Å². The lowest BCUT2D eigenvalue weighted by molar-refractivity contribution is 0.0600. The van der Waals surface area contributed by atoms with Gasteiger partial charge in [0.25, 0.3) is 0 Å². The van der Waals surface area contributed by atoms with Crippen LogP contribution < -0.4 is 10.6 Å². The fraction of sp³-hybridized carbons (Fsp3) is 0.435. The first-order valence-corrected chi connectivity index (χ1v) is 9.62. The van der Waals surface area contributed by atoms with Gasteiger partial charge >= 0.3 is 5.97 Å². The Labute approximate surface area is 162 Å². The molecule has 4 heteroatoms. The smallest absolute Gasteiger partial charge is 0.337 e. The van der Waals surface area contributed by atoms with Crippen LogP contribution >= 0.6 is 0 Å². The van der Waals surface area contributed by atoms with Crippen LogP contribution in [0.4, 0.5) is 11.4 Å². The number of esters is 1. The molecule has 1 aliphatic rings. The first kappa shape index (κ1) is 19.3. The summed E-state index contributed by atoms with van der Waals surface area (Å²) < 4.78 is 4.85. The first-order chi connectivity index (χ1) is 12.8. The second-order valence-electron chi connectivity index (χ2n) is 8.50. The maximum absolute atomic E-state index is 11.8. The van der Waals surface area contributed by atoms with E-state index < -0.39 is 0 Å². The zero-order chi connectivity index (χ0) is 19.6. The predicted octanol–water partition coefficient (Wildman–Crippen LogP) is 5.28. The molecule has 1 atom stereocenters. The van der Waals surface area contributed by atoms with E-state index in [-0.39, 0.29) is 17.4 Å². The highest BCUT2D eigenvalue weighted by molar-refractivity contribution is 5.90. The number of carbonyl (C=O) groups is 1. The number of hydrogen-bond acceptors (Lipinski definition) is 4. The number of nitrogens with one attached hydrogen (secondary N) is 2. The molecule has 0 amide bonds. The molecule has 0 aliphatic carbocycles. The van der Waals surface area contributed by atoms with Crippen LogP contribution in [0.5, 0.6) is 0 Å². The van der Waals surface area contributed by atoms with Crippen LogP contribution in [0, 0.1) is 11.3 Å². The second kappa shape index (κ2) is 7.63. The van der Waals surface area contributed by atoms with Crippen molar-refractivity contribution in [2.75, 3.05) is 24.3 Å². The van der Waals surface area contributed by atoms with Crippen LogP contribution in [0.1, 0.15) is 55.2 Å². The van der Waals surface area contributed by atoms with Gasteiger partial charge in [-0.1, -0.05) is 39.8 Å². The van der Waals surface area contributed by atoms with Gasteiger partial charge in [-0.15, -0.1) is 0 Å². The molecular weight excluding hydrogens is 336 g/mol. The summed E-state index contributed by atoms with van der Waals surface area (Å²) in [6.07, 6.45) is 0.901. The number of methoxy groups -OCH3 is 1. The first-order valence-electron chi connectivity index (χ1n) is 9.62. The molecule has 2 aromatic rings. The number of carbonyl (C=O) groups excluding carboxylic acids is 1. The van der Waals surface area contributed by atoms with Gasteiger partial charge in [0.2, 0.25) is 0 Å². The van der Waals surface area contributed by atoms with E-state index in [0.29, 0.717) is 11.5 Å². The minimum Gasteiger partial charge on any atom is -0.465 e. The van der Waals surface area contributed by atoms with Crippen molar-refractivity contribution >= 4 is 17.3 Å². The number of benzene rings is 2. The van der Waals surface area contributed by atoms with E-state index in [1.165, 1.54) is 12.7 Å². The number of rotatable bonds is 5. The van der Waals surface area contributed by atoms with E-state index in [0.717, 1.165) is 29.9 Å². The molecule has 1 heterocycles. The normalized spacial score (nSPS) is 17.8. The molecule has 4 nitrogen and oxygen atoms in total. The monoisotopic (exact) mass is 366 g/mol. The van der Waals surface area contributed by atoms with E-state index in [1.54, 1.807) is 0 Å². The lowest BCUT2D eigenvalue weighted by Crippen LogP contribution is -2.35. The van der Waals surface area contributed by atoms with Crippen LogP contribution in [0.2, 0.25) is 0 Å². The minimum atomic E-state index is -0.290. The zero-order valence-corrected chi connectivity index (χ0v) is 16.9. The molecule has 0 saturated heterocycles. The van der Waals surface area contributed by atoms with Gasteiger partial charge in [0.1, 0.15) is 0 Å². The highest BCUT2D eigenvalue weighted by Crippen LogP contribution is 2.45. The Hall–Kier alpha value is -2.49. The van der Waals surface area contributed by atoms with Gasteiger partial charge in [-0.3, -0.25) is 0 Å². The van der Waals surface area contributed by atoms with Gasteiger partial charge < -0.3 is 15.4 Å². The average Bonchev–Trinajstić information content (AvgIpc) is 2.64. The molecule has 0 aromatic heterocycles. The topological polar surface area (TPSA) is 50.4 Å². The van der Waals surface area contributed by atoms with Crippen molar-refractivity contribution in [2.24, 2.45) is 11.3 Å². The van der Waals surface area contributed by atoms with Crippen LogP contribution in [-0.4, -0.2) is 19.6 Å². The summed E-state index contributed by atoms with van der Waals surface area (Å²) in [6, 6.07) is 14.7. The van der Waals surface area contributed by atoms with Crippen LogP contribution in [0.15, 0.2) is 42.5 Å². The molecule has 1 unspecified atom stereocenters. The van der Waals surface area contributed by atoms with Gasteiger partial charge in [-0.05, 0) is 59.2 Å². The van der Waals surface area contributed by atoms with E-state index >= 15 is 0 Å². The molecule has 144 valence electrons. The fourth-order valence-electron chi connectivity index (χ4n) is 3.72. The predicted molar refractivity (Wildman–Crippen MR) is 111 cm³/mol. The Morgan fingerprint density at radius 1 is 1.22 bits per heavy atom. The third-order valence-corrected chi connectivity index (χ3v) is 5.21. The molecule has 0 saturated carbocycles. The summed E-state index contributed by atoms with van der Waals surface area (Å²) in [6.45, 7) is 9.92. The Morgan fingerprint density at radius 2 is 1.93 bits per heavy atom. The number of anilines is 2. The van der Waals surface area contributed by atoms with Crippen molar-refractivity contribution in [1.29, 1.82) is 0 Å². The summed E-state index contributed by atoms with van der Waals surface area (Å²) in [7, 11) is 1.42. The van der Waals surface area contributed by atoms with Gasteiger partial charge in [0, 0.05) is 17.9 Å². The molecule has 2 aromatic carbocycles. The van der Waals surface area contributed by atoms with Gasteiger partial charge in [0.05, 0.1) is 18.7 Å². The summed E-state index contributed by atoms with van der Waals surface area (Å²) in [5, 5.41) is 7.15. The molecule has 0 spiro atoms. The van der Waals surface area contributed by atoms with Gasteiger partial charge in [-0.2, -0.15) is 0 Å². The molecule has 0 fully saturated rings. The minimum absolute atomic E-state index is 0.0224. The van der Waals surface area contributed by atoms with Crippen molar-refractivity contribution < 1.29 is 9.53 Å². The van der Waals surface area contributed by atoms with E-state index in [4.69, 9.17) is 4.74 Å². The van der Waals surface area contributed by atoms with E-state index in [9.17, 15) is 4.79 Å². The Balaban J connectivity index is 1.82. The molecular formula is C23H30N2O2. The lowest BCUT2D eigenvalue weighted by Gasteiger charge is -2.41. The third kappa shape index (κ3) is 4.26. The highest BCUT2D eigenvalue weighted by Gasteiger charge is 2.36. The van der Waals surface area contributed by atoms with Gasteiger partial charge in [-0.25, -0.2) is 4.79 Å². The molecule has 0 radical (unpaired) electrons. The van der Waals surface area contributed by atoms with E-state index in [1.807, 2.05) is 18.2 Å². The summed E-state index contributed by atoms with van der Waals surface area (Å²) in [4.78, 5) is 11.8. The molecule has 0 bridgehead atoms. The highest BCUT2D eigenvalue weighted by atomic mass is 16.5. The molecule has 3 rings (SSSR count). The summed E-state index contributed by atoms with van der Waals surface area (Å²) in [5.41, 5.74) is 5.31. The molecule has 2 N–H and O–H groups in total. The average molecular weight is 367 g/mol. The van der Waals surface area contributed by atoms with Crippen LogP contribution in [-0.2, 0) is 11.2 Å². The Kier molecular flexibility index (Phi) is 5.45. The number of ether oxygens (including phenoxy) is 1. The van der Waals surface area contributed by atoms with Crippen molar-refractivity contribution in [3.8, 4) is 0 Å². The molecule has 27 heavy (non-hydrogen) atoms. The largest absolute Gasteiger partial charge is 0.465 e. The molecule has 1 aliphatic heterocycles. The van der Waals surface area contributed by atoms with Crippen molar-refractivity contribution in [3.05, 3.63) is 59.2 Å². The summed E-state index contributed by atoms with van der Waals surface area (Å²) in [5.74, 6) is 0.331. The quantitative estimate of drug-likeness (QED) is 0.707. The maximum atomic E-state index is 11.8. The SMILES string of the molecule is COC(=O)c1ccc2c(c1)CC(C)(C)C(c1ccc(NCC(C)C)cc1)N2. The zero-order valence-electron chi connectivity index (χ0n) is 16.9. The van der Waals surface area contributed by atoms with Crippen molar-refractivity contribution in [2.45, 2.75) is 40.2 Å². The third-order valence-electron chi connectivity index (χ3n) is 5.21. The standard InChI is InChI=1S/C23H30N2O2/c1-15(2)14-24-19-9-6-16(7-10-19)21-23(3,4)13-18-12-17(22(26)27-5)8-11-20(18)25-21/h6-12,15,21,24-25H,13-14H2,1-5H3. The summed E-state index contributed by atoms with van der Waals surface area (Å²) >= 11 is 0. The van der Waals surface area contributed by atoms with Crippen molar-refractivity contribution in [1.82, 2.24) is 0 Å². The van der Waals surface area contributed by atoms with Crippen LogP contribution in [0.25, 0.3) is 0 Å². The van der Waals surface area contributed by atoms with Gasteiger partial charge in [0.15, 0.2) is 0 Å². The Bertz CT molecular complexity index is 810. The number of fused-ring (bicyclic) bond motifs is 1.